The van der Waals surface area contributed by atoms with Crippen molar-refractivity contribution in [3.8, 4) is 0 Å². The quantitative estimate of drug-likeness (QED) is 0.447. The van der Waals surface area contributed by atoms with Crippen molar-refractivity contribution < 1.29 is 9.59 Å². The third-order valence-electron chi connectivity index (χ3n) is 4.25. The lowest BCUT2D eigenvalue weighted by molar-refractivity contribution is -0.116. The Hall–Kier alpha value is -3.30. The Morgan fingerprint density at radius 3 is 2.60 bits per heavy atom. The van der Waals surface area contributed by atoms with E-state index in [0.29, 0.717) is 27.2 Å². The van der Waals surface area contributed by atoms with Gasteiger partial charge in [0, 0.05) is 15.8 Å². The Morgan fingerprint density at radius 1 is 1.03 bits per heavy atom. The molecule has 0 spiro atoms. The lowest BCUT2D eigenvalue weighted by Gasteiger charge is -2.10. The number of rotatable bonds is 5. The highest BCUT2D eigenvalue weighted by molar-refractivity contribution is 9.10. The van der Waals surface area contributed by atoms with E-state index in [9.17, 15) is 14.4 Å². The topological polar surface area (TPSA) is 93.1 Å². The molecular weight excluding hydrogens is 468 g/mol. The molecule has 0 unspecified atom stereocenters. The molecule has 0 saturated carbocycles. The number of halogens is 1. The minimum Gasteiger partial charge on any atom is -0.324 e. The van der Waals surface area contributed by atoms with Crippen LogP contribution in [0.25, 0.3) is 10.9 Å². The summed E-state index contributed by atoms with van der Waals surface area (Å²) in [6, 6.07) is 15.6. The van der Waals surface area contributed by atoms with Gasteiger partial charge in [-0.2, -0.15) is 0 Å². The molecule has 2 aromatic carbocycles. The summed E-state index contributed by atoms with van der Waals surface area (Å²) < 4.78 is 2.02. The third kappa shape index (κ3) is 4.47. The van der Waals surface area contributed by atoms with Crippen LogP contribution in [0.5, 0.6) is 0 Å². The van der Waals surface area contributed by atoms with Gasteiger partial charge in [0.15, 0.2) is 0 Å². The first kappa shape index (κ1) is 20.0. The summed E-state index contributed by atoms with van der Waals surface area (Å²) in [7, 11) is 0. The Bertz CT molecular complexity index is 1300. The molecule has 0 aliphatic heterocycles. The first-order valence-electron chi connectivity index (χ1n) is 8.89. The van der Waals surface area contributed by atoms with Crippen molar-refractivity contribution >= 4 is 61.4 Å². The number of nitrogens with zero attached hydrogens (tertiary/aromatic N) is 2. The fourth-order valence-corrected chi connectivity index (χ4v) is 3.85. The van der Waals surface area contributed by atoms with Crippen molar-refractivity contribution in [3.05, 3.63) is 86.0 Å². The molecule has 150 valence electrons. The minimum atomic E-state index is -0.380. The highest BCUT2D eigenvalue weighted by Crippen LogP contribution is 2.18. The second-order valence-electron chi connectivity index (χ2n) is 6.40. The summed E-state index contributed by atoms with van der Waals surface area (Å²) in [6.45, 7) is -0.180. The van der Waals surface area contributed by atoms with Gasteiger partial charge in [0.2, 0.25) is 5.91 Å². The van der Waals surface area contributed by atoms with Crippen molar-refractivity contribution in [2.75, 3.05) is 10.6 Å². The zero-order chi connectivity index (χ0) is 21.1. The summed E-state index contributed by atoms with van der Waals surface area (Å²) in [5, 5.41) is 7.79. The van der Waals surface area contributed by atoms with Gasteiger partial charge in [-0.3, -0.25) is 19.0 Å². The van der Waals surface area contributed by atoms with Gasteiger partial charge in [0.1, 0.15) is 6.54 Å². The maximum absolute atomic E-state index is 12.6. The SMILES string of the molecule is O=C(Cn1cnc2ccc(Br)cc2c1=O)Nc1cccc(NC(=O)c2cccs2)c1. The number of anilines is 2. The molecule has 30 heavy (non-hydrogen) atoms. The summed E-state index contributed by atoms with van der Waals surface area (Å²) in [5.74, 6) is -0.594. The standard InChI is InChI=1S/C21H15BrN4O3S/c22-13-6-7-17-16(9-13)21(29)26(12-23-17)11-19(27)24-14-3-1-4-15(10-14)25-20(28)18-5-2-8-30-18/h1-10,12H,11H2,(H,24,27)(H,25,28). The second-order valence-corrected chi connectivity index (χ2v) is 8.26. The fraction of sp³-hybridized carbons (Fsp3) is 0.0476. The minimum absolute atomic E-state index is 0.180. The van der Waals surface area contributed by atoms with E-state index in [1.165, 1.54) is 22.2 Å². The number of thiophene rings is 1. The highest BCUT2D eigenvalue weighted by atomic mass is 79.9. The molecular formula is C21H15BrN4O3S. The number of fused-ring (bicyclic) bond motifs is 1. The zero-order valence-electron chi connectivity index (χ0n) is 15.5. The molecule has 4 rings (SSSR count). The predicted octanol–water partition coefficient (Wildman–Crippen LogP) is 4.11. The normalized spacial score (nSPS) is 10.7. The molecule has 0 radical (unpaired) electrons. The number of carbonyl (C=O) groups is 2. The largest absolute Gasteiger partial charge is 0.324 e. The molecule has 2 amide bonds. The molecule has 2 heterocycles. The van der Waals surface area contributed by atoms with Gasteiger partial charge in [-0.05, 0) is 47.8 Å². The lowest BCUT2D eigenvalue weighted by Crippen LogP contribution is -2.28. The molecule has 0 atom stereocenters. The van der Waals surface area contributed by atoms with Crippen LogP contribution < -0.4 is 16.2 Å². The molecule has 2 N–H and O–H groups in total. The van der Waals surface area contributed by atoms with E-state index < -0.39 is 0 Å². The number of amides is 2. The van der Waals surface area contributed by atoms with Crippen LogP contribution in [0, 0.1) is 0 Å². The van der Waals surface area contributed by atoms with Crippen LogP contribution in [0.15, 0.2) is 75.6 Å². The number of hydrogen-bond donors (Lipinski definition) is 2. The van der Waals surface area contributed by atoms with E-state index in [-0.39, 0.29) is 23.9 Å². The van der Waals surface area contributed by atoms with E-state index in [2.05, 4.69) is 31.5 Å². The van der Waals surface area contributed by atoms with Gasteiger partial charge in [-0.25, -0.2) is 4.98 Å². The Kier molecular flexibility index (Phi) is 5.73. The van der Waals surface area contributed by atoms with Gasteiger partial charge in [-0.15, -0.1) is 11.3 Å². The summed E-state index contributed by atoms with van der Waals surface area (Å²) in [6.07, 6.45) is 1.36. The van der Waals surface area contributed by atoms with Crippen LogP contribution in [0.1, 0.15) is 9.67 Å². The van der Waals surface area contributed by atoms with Crippen LogP contribution in [0.4, 0.5) is 11.4 Å². The molecule has 0 aliphatic carbocycles. The number of carbonyl (C=O) groups excluding carboxylic acids is 2. The maximum Gasteiger partial charge on any atom is 0.265 e. The Morgan fingerprint density at radius 2 is 1.83 bits per heavy atom. The molecule has 0 fully saturated rings. The molecule has 9 heteroatoms. The van der Waals surface area contributed by atoms with Crippen molar-refractivity contribution in [2.45, 2.75) is 6.54 Å². The predicted molar refractivity (Wildman–Crippen MR) is 121 cm³/mol. The third-order valence-corrected chi connectivity index (χ3v) is 5.61. The Labute approximate surface area is 183 Å². The smallest absolute Gasteiger partial charge is 0.265 e. The number of hydrogen-bond acceptors (Lipinski definition) is 5. The van der Waals surface area contributed by atoms with Crippen molar-refractivity contribution in [3.63, 3.8) is 0 Å². The summed E-state index contributed by atoms with van der Waals surface area (Å²) >= 11 is 4.68. The summed E-state index contributed by atoms with van der Waals surface area (Å²) in [4.78, 5) is 42.1. The first-order chi connectivity index (χ1) is 14.5. The molecule has 2 aromatic heterocycles. The van der Waals surface area contributed by atoms with Gasteiger partial charge in [-0.1, -0.05) is 28.1 Å². The molecule has 0 bridgehead atoms. The van der Waals surface area contributed by atoms with E-state index >= 15 is 0 Å². The molecule has 7 nitrogen and oxygen atoms in total. The lowest BCUT2D eigenvalue weighted by atomic mass is 10.2. The average molecular weight is 483 g/mol. The molecule has 0 saturated heterocycles. The fourth-order valence-electron chi connectivity index (χ4n) is 2.87. The van der Waals surface area contributed by atoms with Crippen LogP contribution >= 0.6 is 27.3 Å². The molecule has 0 aliphatic rings. The van der Waals surface area contributed by atoms with Gasteiger partial charge in [0.25, 0.3) is 11.5 Å². The van der Waals surface area contributed by atoms with E-state index in [4.69, 9.17) is 0 Å². The monoisotopic (exact) mass is 482 g/mol. The highest BCUT2D eigenvalue weighted by Gasteiger charge is 2.11. The second kappa shape index (κ2) is 8.60. The van der Waals surface area contributed by atoms with Crippen LogP contribution in [-0.2, 0) is 11.3 Å². The number of benzene rings is 2. The first-order valence-corrected chi connectivity index (χ1v) is 10.6. The van der Waals surface area contributed by atoms with Crippen molar-refractivity contribution in [1.82, 2.24) is 9.55 Å². The van der Waals surface area contributed by atoms with E-state index in [0.717, 1.165) is 4.47 Å². The average Bonchev–Trinajstić information content (AvgIpc) is 3.26. The summed E-state index contributed by atoms with van der Waals surface area (Å²) in [5.41, 5.74) is 1.33. The molecule has 4 aromatic rings. The van der Waals surface area contributed by atoms with Crippen molar-refractivity contribution in [1.29, 1.82) is 0 Å². The van der Waals surface area contributed by atoms with Crippen LogP contribution in [-0.4, -0.2) is 21.4 Å². The maximum atomic E-state index is 12.6. The van der Waals surface area contributed by atoms with Gasteiger partial charge < -0.3 is 10.6 Å². The Balaban J connectivity index is 1.47. The van der Waals surface area contributed by atoms with Crippen molar-refractivity contribution in [2.24, 2.45) is 0 Å². The number of aromatic nitrogens is 2. The van der Waals surface area contributed by atoms with Crippen LogP contribution in [0.3, 0.4) is 0 Å². The van der Waals surface area contributed by atoms with Crippen LogP contribution in [0.2, 0.25) is 0 Å². The van der Waals surface area contributed by atoms with Gasteiger partial charge in [0.05, 0.1) is 22.1 Å². The zero-order valence-corrected chi connectivity index (χ0v) is 17.9. The van der Waals surface area contributed by atoms with Gasteiger partial charge >= 0.3 is 0 Å². The number of nitrogens with one attached hydrogen (secondary N) is 2. The van der Waals surface area contributed by atoms with E-state index in [1.54, 1.807) is 54.6 Å². The van der Waals surface area contributed by atoms with E-state index in [1.807, 2.05) is 5.38 Å².